The van der Waals surface area contributed by atoms with Gasteiger partial charge in [0.15, 0.2) is 5.65 Å². The van der Waals surface area contributed by atoms with Crippen LogP contribution in [0.2, 0.25) is 0 Å². The summed E-state index contributed by atoms with van der Waals surface area (Å²) in [6, 6.07) is 5.11. The number of carbonyl (C=O) groups is 1. The molecular weight excluding hydrogens is 362 g/mol. The van der Waals surface area contributed by atoms with Gasteiger partial charge in [-0.2, -0.15) is 0 Å². The molecule has 0 bridgehead atoms. The zero-order valence-corrected chi connectivity index (χ0v) is 16.0. The zero-order chi connectivity index (χ0) is 19.7. The molecular formula is C19H23N5O4. The molecule has 1 fully saturated rings. The molecule has 1 aliphatic rings. The molecule has 1 N–H and O–H groups in total. The number of aromatic amines is 1. The van der Waals surface area contributed by atoms with Gasteiger partial charge in [-0.15, -0.1) is 0 Å². The van der Waals surface area contributed by atoms with Crippen LogP contribution in [0.15, 0.2) is 27.5 Å². The van der Waals surface area contributed by atoms with Crippen molar-refractivity contribution in [2.45, 2.75) is 38.5 Å². The monoisotopic (exact) mass is 385 g/mol. The Hall–Kier alpha value is -3.10. The van der Waals surface area contributed by atoms with E-state index in [0.717, 1.165) is 25.1 Å². The van der Waals surface area contributed by atoms with Gasteiger partial charge in [-0.25, -0.2) is 9.50 Å². The normalized spacial score (nSPS) is 17.2. The number of ether oxygens (including phenoxy) is 1. The fourth-order valence-electron chi connectivity index (χ4n) is 3.69. The number of hydrogen-bond donors (Lipinski definition) is 1. The highest BCUT2D eigenvalue weighted by molar-refractivity contribution is 5.76. The van der Waals surface area contributed by atoms with Gasteiger partial charge >= 0.3 is 0 Å². The van der Waals surface area contributed by atoms with Crippen molar-refractivity contribution in [2.75, 3.05) is 20.2 Å². The fraction of sp³-hybridized carbons (Fsp3) is 0.474. The third-order valence-corrected chi connectivity index (χ3v) is 5.14. The first-order chi connectivity index (χ1) is 13.5. The molecule has 0 radical (unpaired) electrons. The lowest BCUT2D eigenvalue weighted by atomic mass is 9.94. The second-order valence-corrected chi connectivity index (χ2v) is 7.16. The van der Waals surface area contributed by atoms with E-state index in [2.05, 4.69) is 15.2 Å². The molecule has 3 aromatic heterocycles. The van der Waals surface area contributed by atoms with Gasteiger partial charge in [0.05, 0.1) is 7.11 Å². The Morgan fingerprint density at radius 2 is 2.25 bits per heavy atom. The van der Waals surface area contributed by atoms with Crippen molar-refractivity contribution in [2.24, 2.45) is 0 Å². The minimum absolute atomic E-state index is 0.0855. The summed E-state index contributed by atoms with van der Waals surface area (Å²) in [6.45, 7) is 3.17. The number of aromatic nitrogens is 4. The van der Waals surface area contributed by atoms with E-state index in [4.69, 9.17) is 9.26 Å². The van der Waals surface area contributed by atoms with Crippen LogP contribution in [0.5, 0.6) is 5.88 Å². The van der Waals surface area contributed by atoms with Crippen molar-refractivity contribution in [1.29, 1.82) is 0 Å². The first kappa shape index (κ1) is 18.3. The largest absolute Gasteiger partial charge is 0.479 e. The number of hydrogen-bond acceptors (Lipinski definition) is 6. The van der Waals surface area contributed by atoms with Crippen LogP contribution in [-0.4, -0.2) is 50.8 Å². The Balaban J connectivity index is 1.43. The molecule has 9 heteroatoms. The van der Waals surface area contributed by atoms with E-state index in [9.17, 15) is 9.59 Å². The second-order valence-electron chi connectivity index (χ2n) is 7.16. The molecule has 9 nitrogen and oxygen atoms in total. The van der Waals surface area contributed by atoms with Crippen LogP contribution in [0.25, 0.3) is 5.65 Å². The van der Waals surface area contributed by atoms with Crippen LogP contribution in [0, 0.1) is 6.92 Å². The number of likely N-dealkylation sites (tertiary alicyclic amines) is 1. The summed E-state index contributed by atoms with van der Waals surface area (Å²) in [5.74, 6) is 1.29. The molecule has 148 valence electrons. The van der Waals surface area contributed by atoms with Gasteiger partial charge < -0.3 is 14.2 Å². The maximum Gasteiger partial charge on any atom is 0.272 e. The summed E-state index contributed by atoms with van der Waals surface area (Å²) < 4.78 is 11.6. The van der Waals surface area contributed by atoms with Crippen LogP contribution < -0.4 is 10.3 Å². The number of methoxy groups -OCH3 is 1. The van der Waals surface area contributed by atoms with E-state index in [1.807, 2.05) is 11.0 Å². The number of fused-ring (bicyclic) bond motifs is 1. The highest BCUT2D eigenvalue weighted by Gasteiger charge is 2.26. The highest BCUT2D eigenvalue weighted by Crippen LogP contribution is 2.27. The number of piperidine rings is 1. The first-order valence-electron chi connectivity index (χ1n) is 9.40. The molecule has 1 amide bonds. The molecule has 28 heavy (non-hydrogen) atoms. The van der Waals surface area contributed by atoms with E-state index in [0.29, 0.717) is 42.4 Å². The Morgan fingerprint density at radius 1 is 1.39 bits per heavy atom. The van der Waals surface area contributed by atoms with Gasteiger partial charge in [-0.05, 0) is 24.9 Å². The minimum Gasteiger partial charge on any atom is -0.479 e. The predicted octanol–water partition coefficient (Wildman–Crippen LogP) is 1.67. The number of nitrogens with one attached hydrogen (secondary N) is 1. The van der Waals surface area contributed by atoms with E-state index < -0.39 is 0 Å². The quantitative estimate of drug-likeness (QED) is 0.716. The molecule has 0 spiro atoms. The minimum atomic E-state index is -0.125. The fourth-order valence-corrected chi connectivity index (χ4v) is 3.69. The number of rotatable bonds is 5. The van der Waals surface area contributed by atoms with Crippen molar-refractivity contribution in [3.63, 3.8) is 0 Å². The standard InChI is InChI=1S/C19H23N5O4/c1-12-8-19(26)24-16(20-12)10-15(21-24)13-4-3-7-23(11-13)18(25)6-5-14-9-17(27-2)22-28-14/h8-10,13,21H,3-7,11H2,1-2H3. The van der Waals surface area contributed by atoms with Crippen molar-refractivity contribution in [1.82, 2.24) is 24.7 Å². The smallest absolute Gasteiger partial charge is 0.272 e. The summed E-state index contributed by atoms with van der Waals surface area (Å²) in [4.78, 5) is 31.1. The molecule has 1 saturated heterocycles. The maximum absolute atomic E-state index is 12.7. The van der Waals surface area contributed by atoms with Gasteiger partial charge in [-0.3, -0.25) is 14.7 Å². The second kappa shape index (κ2) is 7.49. The lowest BCUT2D eigenvalue weighted by Gasteiger charge is -2.32. The summed E-state index contributed by atoms with van der Waals surface area (Å²) in [5.41, 5.74) is 2.12. The average molecular weight is 385 g/mol. The average Bonchev–Trinajstić information content (AvgIpc) is 3.33. The molecule has 0 saturated carbocycles. The summed E-state index contributed by atoms with van der Waals surface area (Å²) in [6.07, 6.45) is 2.73. The van der Waals surface area contributed by atoms with Crippen LogP contribution in [0.4, 0.5) is 0 Å². The Bertz CT molecular complexity index is 1050. The van der Waals surface area contributed by atoms with Gasteiger partial charge in [0, 0.05) is 61.4 Å². The van der Waals surface area contributed by atoms with Crippen LogP contribution in [-0.2, 0) is 11.2 Å². The Kier molecular flexibility index (Phi) is 4.89. The van der Waals surface area contributed by atoms with E-state index >= 15 is 0 Å². The molecule has 0 aliphatic carbocycles. The summed E-state index contributed by atoms with van der Waals surface area (Å²) in [7, 11) is 1.52. The highest BCUT2D eigenvalue weighted by atomic mass is 16.5. The number of H-pyrrole nitrogens is 1. The Morgan fingerprint density at radius 3 is 3.04 bits per heavy atom. The third kappa shape index (κ3) is 3.64. The molecule has 0 aromatic carbocycles. The molecule has 4 rings (SSSR count). The van der Waals surface area contributed by atoms with Gasteiger partial charge in [-0.1, -0.05) is 0 Å². The van der Waals surface area contributed by atoms with Crippen molar-refractivity contribution in [3.8, 4) is 5.88 Å². The SMILES string of the molecule is COc1cc(CCC(=O)N2CCCC(c3cc4nc(C)cc(=O)n4[nH]3)C2)on1. The van der Waals surface area contributed by atoms with Gasteiger partial charge in [0.25, 0.3) is 11.4 Å². The third-order valence-electron chi connectivity index (χ3n) is 5.14. The Labute approximate surface area is 161 Å². The summed E-state index contributed by atoms with van der Waals surface area (Å²) >= 11 is 0. The van der Waals surface area contributed by atoms with Crippen molar-refractivity contribution >= 4 is 11.6 Å². The van der Waals surface area contributed by atoms with Gasteiger partial charge in [0.1, 0.15) is 5.76 Å². The molecule has 3 aromatic rings. The molecule has 1 aliphatic heterocycles. The number of aryl methyl sites for hydroxylation is 2. The van der Waals surface area contributed by atoms with Crippen molar-refractivity contribution in [3.05, 3.63) is 45.7 Å². The van der Waals surface area contributed by atoms with Crippen LogP contribution in [0.1, 0.15) is 42.3 Å². The van der Waals surface area contributed by atoms with Crippen molar-refractivity contribution < 1.29 is 14.1 Å². The lowest BCUT2D eigenvalue weighted by Crippen LogP contribution is -2.39. The van der Waals surface area contributed by atoms with Gasteiger partial charge in [0.2, 0.25) is 5.91 Å². The van der Waals surface area contributed by atoms with E-state index in [1.165, 1.54) is 17.7 Å². The number of nitrogens with zero attached hydrogens (tertiary/aromatic N) is 4. The zero-order valence-electron chi connectivity index (χ0n) is 16.0. The molecule has 4 heterocycles. The first-order valence-corrected chi connectivity index (χ1v) is 9.40. The van der Waals surface area contributed by atoms with Crippen LogP contribution in [0.3, 0.4) is 0 Å². The maximum atomic E-state index is 12.7. The van der Waals surface area contributed by atoms with E-state index in [1.54, 1.807) is 13.0 Å². The molecule has 1 atom stereocenters. The number of amides is 1. The molecule has 1 unspecified atom stereocenters. The lowest BCUT2D eigenvalue weighted by molar-refractivity contribution is -0.132. The predicted molar refractivity (Wildman–Crippen MR) is 100 cm³/mol. The van der Waals surface area contributed by atoms with E-state index in [-0.39, 0.29) is 17.4 Å². The van der Waals surface area contributed by atoms with Crippen LogP contribution >= 0.6 is 0 Å². The summed E-state index contributed by atoms with van der Waals surface area (Å²) in [5, 5.41) is 6.90. The number of carbonyl (C=O) groups excluding carboxylic acids is 1. The topological polar surface area (TPSA) is 106 Å².